The number of oxazole rings is 1. The predicted octanol–water partition coefficient (Wildman–Crippen LogP) is 2.45. The molecule has 0 aliphatic carbocycles. The Labute approximate surface area is 131 Å². The molecule has 0 bridgehead atoms. The number of hydrogen-bond donors (Lipinski definition) is 2. The first-order valence-corrected chi connectivity index (χ1v) is 7.41. The van der Waals surface area contributed by atoms with Gasteiger partial charge in [0.2, 0.25) is 11.8 Å². The van der Waals surface area contributed by atoms with Gasteiger partial charge in [-0.25, -0.2) is 4.98 Å². The highest BCUT2D eigenvalue weighted by molar-refractivity contribution is 9.10. The van der Waals surface area contributed by atoms with Crippen molar-refractivity contribution < 1.29 is 14.3 Å². The van der Waals surface area contributed by atoms with Gasteiger partial charge in [-0.3, -0.25) is 4.79 Å². The number of carbonyl (C=O) groups is 1. The Morgan fingerprint density at radius 1 is 1.52 bits per heavy atom. The second-order valence-corrected chi connectivity index (χ2v) is 5.78. The van der Waals surface area contributed by atoms with Crippen LogP contribution in [0.4, 0.5) is 0 Å². The van der Waals surface area contributed by atoms with E-state index in [0.29, 0.717) is 17.3 Å². The van der Waals surface area contributed by atoms with Gasteiger partial charge in [-0.05, 0) is 32.0 Å². The summed E-state index contributed by atoms with van der Waals surface area (Å²) in [5.41, 5.74) is 1.45. The third kappa shape index (κ3) is 4.15. The van der Waals surface area contributed by atoms with Gasteiger partial charge in [0.1, 0.15) is 5.76 Å². The number of nitrogens with zero attached hydrogens (tertiary/aromatic N) is 1. The molecule has 0 saturated heterocycles. The van der Waals surface area contributed by atoms with Crippen molar-refractivity contribution in [3.8, 4) is 11.5 Å². The maximum Gasteiger partial charge on any atom is 0.226 e. The Kier molecular flexibility index (Phi) is 5.14. The SMILES string of the molecule is Cc1oc(-c2cccc(Br)c2)nc1CC(=O)NC(C)CO. The zero-order valence-corrected chi connectivity index (χ0v) is 13.5. The fourth-order valence-electron chi connectivity index (χ4n) is 1.86. The number of aromatic nitrogens is 1. The number of aryl methyl sites for hydroxylation is 1. The second kappa shape index (κ2) is 6.87. The molecule has 21 heavy (non-hydrogen) atoms. The average molecular weight is 353 g/mol. The Balaban J connectivity index is 2.14. The number of nitrogens with one attached hydrogen (secondary N) is 1. The molecule has 2 N–H and O–H groups in total. The van der Waals surface area contributed by atoms with Crippen LogP contribution in [-0.2, 0) is 11.2 Å². The van der Waals surface area contributed by atoms with Crippen LogP contribution in [0.5, 0.6) is 0 Å². The second-order valence-electron chi connectivity index (χ2n) is 4.86. The molecule has 112 valence electrons. The number of amides is 1. The van der Waals surface area contributed by atoms with Crippen LogP contribution < -0.4 is 5.32 Å². The van der Waals surface area contributed by atoms with Crippen LogP contribution in [0.1, 0.15) is 18.4 Å². The van der Waals surface area contributed by atoms with E-state index in [1.807, 2.05) is 24.3 Å². The first-order valence-electron chi connectivity index (χ1n) is 6.62. The lowest BCUT2D eigenvalue weighted by Gasteiger charge is -2.09. The molecule has 1 aromatic heterocycles. The van der Waals surface area contributed by atoms with Gasteiger partial charge in [0.25, 0.3) is 0 Å². The molecule has 2 rings (SSSR count). The Bertz CT molecular complexity index is 640. The third-order valence-electron chi connectivity index (χ3n) is 2.97. The maximum atomic E-state index is 11.8. The van der Waals surface area contributed by atoms with Crippen LogP contribution in [-0.4, -0.2) is 28.6 Å². The standard InChI is InChI=1S/C15H17BrN2O3/c1-9(8-19)17-14(20)7-13-10(2)21-15(18-13)11-4-3-5-12(16)6-11/h3-6,9,19H,7-8H2,1-2H3,(H,17,20). The summed E-state index contributed by atoms with van der Waals surface area (Å²) >= 11 is 3.40. The number of benzene rings is 1. The summed E-state index contributed by atoms with van der Waals surface area (Å²) in [6, 6.07) is 7.35. The van der Waals surface area contributed by atoms with Crippen molar-refractivity contribution in [3.63, 3.8) is 0 Å². The minimum Gasteiger partial charge on any atom is -0.441 e. The predicted molar refractivity (Wildman–Crippen MR) is 82.8 cm³/mol. The molecule has 0 aliphatic heterocycles. The highest BCUT2D eigenvalue weighted by atomic mass is 79.9. The van der Waals surface area contributed by atoms with Gasteiger partial charge in [-0.1, -0.05) is 22.0 Å². The van der Waals surface area contributed by atoms with Crippen molar-refractivity contribution in [2.45, 2.75) is 26.3 Å². The largest absolute Gasteiger partial charge is 0.441 e. The molecule has 1 unspecified atom stereocenters. The number of halogens is 1. The molecule has 6 heteroatoms. The first kappa shape index (κ1) is 15.7. The molecular formula is C15H17BrN2O3. The summed E-state index contributed by atoms with van der Waals surface area (Å²) in [4.78, 5) is 16.2. The van der Waals surface area contributed by atoms with Gasteiger partial charge in [-0.2, -0.15) is 0 Å². The van der Waals surface area contributed by atoms with Gasteiger partial charge in [-0.15, -0.1) is 0 Å². The van der Waals surface area contributed by atoms with Crippen LogP contribution in [0.15, 0.2) is 33.2 Å². The number of hydrogen-bond acceptors (Lipinski definition) is 4. The molecule has 1 aromatic carbocycles. The Morgan fingerprint density at radius 2 is 2.29 bits per heavy atom. The van der Waals surface area contributed by atoms with E-state index in [0.717, 1.165) is 10.0 Å². The molecule has 0 radical (unpaired) electrons. The van der Waals surface area contributed by atoms with E-state index in [1.165, 1.54) is 0 Å². The minimum atomic E-state index is -0.269. The lowest BCUT2D eigenvalue weighted by molar-refractivity contribution is -0.121. The van der Waals surface area contributed by atoms with E-state index in [2.05, 4.69) is 26.2 Å². The van der Waals surface area contributed by atoms with Crippen molar-refractivity contribution in [1.29, 1.82) is 0 Å². The Hall–Kier alpha value is -1.66. The normalized spacial score (nSPS) is 12.2. The average Bonchev–Trinajstić information content (AvgIpc) is 2.80. The molecule has 2 aromatic rings. The van der Waals surface area contributed by atoms with Crippen molar-refractivity contribution in [2.24, 2.45) is 0 Å². The van der Waals surface area contributed by atoms with E-state index >= 15 is 0 Å². The van der Waals surface area contributed by atoms with Gasteiger partial charge in [0.15, 0.2) is 0 Å². The van der Waals surface area contributed by atoms with E-state index < -0.39 is 0 Å². The smallest absolute Gasteiger partial charge is 0.226 e. The first-order chi connectivity index (χ1) is 9.99. The van der Waals surface area contributed by atoms with Crippen LogP contribution in [0.3, 0.4) is 0 Å². The van der Waals surface area contributed by atoms with Crippen LogP contribution in [0, 0.1) is 6.92 Å². The van der Waals surface area contributed by atoms with Crippen molar-refractivity contribution in [2.75, 3.05) is 6.61 Å². The van der Waals surface area contributed by atoms with E-state index in [9.17, 15) is 4.79 Å². The van der Waals surface area contributed by atoms with Crippen LogP contribution in [0.2, 0.25) is 0 Å². The zero-order valence-electron chi connectivity index (χ0n) is 11.9. The van der Waals surface area contributed by atoms with E-state index in [-0.39, 0.29) is 25.0 Å². The third-order valence-corrected chi connectivity index (χ3v) is 3.47. The summed E-state index contributed by atoms with van der Waals surface area (Å²) in [6.45, 7) is 3.43. The monoisotopic (exact) mass is 352 g/mol. The highest BCUT2D eigenvalue weighted by Crippen LogP contribution is 2.24. The number of aliphatic hydroxyl groups is 1. The summed E-state index contributed by atoms with van der Waals surface area (Å²) in [5.74, 6) is 0.928. The number of aliphatic hydroxyl groups excluding tert-OH is 1. The van der Waals surface area contributed by atoms with Gasteiger partial charge < -0.3 is 14.8 Å². The van der Waals surface area contributed by atoms with Gasteiger partial charge in [0.05, 0.1) is 18.7 Å². The summed E-state index contributed by atoms with van der Waals surface area (Å²) < 4.78 is 6.56. The molecule has 1 heterocycles. The topological polar surface area (TPSA) is 75.4 Å². The summed E-state index contributed by atoms with van der Waals surface area (Å²) in [5, 5.41) is 11.6. The minimum absolute atomic E-state index is 0.0904. The molecule has 1 amide bonds. The molecule has 0 spiro atoms. The number of rotatable bonds is 5. The van der Waals surface area contributed by atoms with Crippen molar-refractivity contribution in [3.05, 3.63) is 40.2 Å². The van der Waals surface area contributed by atoms with E-state index in [1.54, 1.807) is 13.8 Å². The fourth-order valence-corrected chi connectivity index (χ4v) is 2.26. The van der Waals surface area contributed by atoms with Gasteiger partial charge >= 0.3 is 0 Å². The molecule has 1 atom stereocenters. The highest BCUT2D eigenvalue weighted by Gasteiger charge is 2.15. The molecule has 0 fully saturated rings. The van der Waals surface area contributed by atoms with Crippen LogP contribution >= 0.6 is 15.9 Å². The quantitative estimate of drug-likeness (QED) is 0.866. The van der Waals surface area contributed by atoms with Crippen molar-refractivity contribution >= 4 is 21.8 Å². The number of carbonyl (C=O) groups excluding carboxylic acids is 1. The van der Waals surface area contributed by atoms with Crippen molar-refractivity contribution in [1.82, 2.24) is 10.3 Å². The molecule has 0 aliphatic rings. The van der Waals surface area contributed by atoms with Gasteiger partial charge in [0, 0.05) is 16.1 Å². The molecular weight excluding hydrogens is 336 g/mol. The van der Waals surface area contributed by atoms with E-state index in [4.69, 9.17) is 9.52 Å². The summed E-state index contributed by atoms with van der Waals surface area (Å²) in [6.07, 6.45) is 0.133. The zero-order chi connectivity index (χ0) is 15.4. The Morgan fingerprint density at radius 3 is 2.95 bits per heavy atom. The molecule has 5 nitrogen and oxygen atoms in total. The maximum absolute atomic E-state index is 11.8. The lowest BCUT2D eigenvalue weighted by atomic mass is 10.2. The summed E-state index contributed by atoms with van der Waals surface area (Å²) in [7, 11) is 0. The lowest BCUT2D eigenvalue weighted by Crippen LogP contribution is -2.36. The van der Waals surface area contributed by atoms with Crippen LogP contribution in [0.25, 0.3) is 11.5 Å². The molecule has 0 saturated carbocycles. The fraction of sp³-hybridized carbons (Fsp3) is 0.333.